The largest absolute Gasteiger partial charge is 0.445 e. The molecule has 3 rings (SSSR count). The molecule has 29 heavy (non-hydrogen) atoms. The number of amides is 1. The predicted molar refractivity (Wildman–Crippen MR) is 106 cm³/mol. The number of aliphatic hydroxyl groups is 1. The lowest BCUT2D eigenvalue weighted by Gasteiger charge is -2.13. The number of nitrogens with zero attached hydrogens (tertiary/aromatic N) is 4. The van der Waals surface area contributed by atoms with Crippen LogP contribution in [0.5, 0.6) is 0 Å². The molecule has 9 heteroatoms. The van der Waals surface area contributed by atoms with Crippen LogP contribution in [-0.2, 0) is 12.1 Å². The molecule has 0 aliphatic rings. The van der Waals surface area contributed by atoms with E-state index in [1.54, 1.807) is 29.1 Å². The lowest BCUT2D eigenvalue weighted by Crippen LogP contribution is -2.36. The quantitative estimate of drug-likeness (QED) is 0.641. The van der Waals surface area contributed by atoms with Gasteiger partial charge in [0.2, 0.25) is 5.89 Å². The van der Waals surface area contributed by atoms with Crippen molar-refractivity contribution < 1.29 is 14.3 Å². The minimum atomic E-state index is -1.26. The molecule has 2 aromatic heterocycles. The fourth-order valence-electron chi connectivity index (χ4n) is 2.67. The van der Waals surface area contributed by atoms with Crippen molar-refractivity contribution in [3.8, 4) is 17.3 Å². The van der Waals surface area contributed by atoms with Crippen LogP contribution >= 0.6 is 11.6 Å². The first-order valence-corrected chi connectivity index (χ1v) is 9.28. The van der Waals surface area contributed by atoms with Crippen molar-refractivity contribution in [3.63, 3.8) is 0 Å². The number of hydrogen-bond donors (Lipinski definition) is 2. The summed E-state index contributed by atoms with van der Waals surface area (Å²) in [4.78, 5) is 16.3. The Bertz CT molecular complexity index is 1070. The molecule has 0 spiro atoms. The highest BCUT2D eigenvalue weighted by atomic mass is 35.5. The highest BCUT2D eigenvalue weighted by Crippen LogP contribution is 2.24. The van der Waals surface area contributed by atoms with Crippen LogP contribution in [0.2, 0.25) is 5.02 Å². The zero-order chi connectivity index (χ0) is 21.2. The maximum atomic E-state index is 12.3. The Hall–Kier alpha value is -3.15. The van der Waals surface area contributed by atoms with Gasteiger partial charge in [-0.15, -0.1) is 0 Å². The summed E-state index contributed by atoms with van der Waals surface area (Å²) < 4.78 is 6.86. The van der Waals surface area contributed by atoms with Crippen LogP contribution in [-0.4, -0.2) is 31.8 Å². The van der Waals surface area contributed by atoms with Gasteiger partial charge in [0.25, 0.3) is 5.91 Å². The van der Waals surface area contributed by atoms with Crippen molar-refractivity contribution in [2.75, 3.05) is 0 Å². The Morgan fingerprint density at radius 3 is 2.83 bits per heavy atom. The van der Waals surface area contributed by atoms with Crippen LogP contribution < -0.4 is 5.32 Å². The van der Waals surface area contributed by atoms with Crippen molar-refractivity contribution in [1.29, 1.82) is 5.26 Å². The Morgan fingerprint density at radius 1 is 1.45 bits per heavy atom. The third-order valence-corrected chi connectivity index (χ3v) is 4.44. The summed E-state index contributed by atoms with van der Waals surface area (Å²) in [7, 11) is 0. The molecule has 1 unspecified atom stereocenters. The number of aromatic nitrogens is 3. The SMILES string of the molecule is CC(Cn1ccc(-c2ccc(C#N)c(Cl)c2)n1)NC(=O)c1coc(C(C)(C)O)n1. The van der Waals surface area contributed by atoms with Gasteiger partial charge in [0.1, 0.15) is 17.9 Å². The third-order valence-electron chi connectivity index (χ3n) is 4.12. The molecule has 3 aromatic rings. The van der Waals surface area contributed by atoms with E-state index in [0.717, 1.165) is 5.56 Å². The van der Waals surface area contributed by atoms with Gasteiger partial charge >= 0.3 is 0 Å². The van der Waals surface area contributed by atoms with Gasteiger partial charge in [-0.25, -0.2) is 4.98 Å². The Morgan fingerprint density at radius 2 is 2.21 bits per heavy atom. The number of hydrogen-bond acceptors (Lipinski definition) is 6. The van der Waals surface area contributed by atoms with Crippen LogP contribution in [0.1, 0.15) is 42.7 Å². The van der Waals surface area contributed by atoms with Crippen molar-refractivity contribution >= 4 is 17.5 Å². The second-order valence-electron chi connectivity index (χ2n) is 7.20. The second kappa shape index (κ2) is 8.07. The van der Waals surface area contributed by atoms with Crippen LogP contribution in [0.4, 0.5) is 0 Å². The van der Waals surface area contributed by atoms with Gasteiger partial charge in [0, 0.05) is 17.8 Å². The molecule has 1 amide bonds. The molecular weight excluding hydrogens is 394 g/mol. The third kappa shape index (κ3) is 4.83. The first kappa shape index (κ1) is 20.6. The first-order chi connectivity index (χ1) is 13.7. The average Bonchev–Trinajstić information content (AvgIpc) is 3.31. The molecule has 2 heterocycles. The molecule has 1 aromatic carbocycles. The number of oxazole rings is 1. The van der Waals surface area contributed by atoms with E-state index in [0.29, 0.717) is 22.8 Å². The zero-order valence-corrected chi connectivity index (χ0v) is 16.9. The molecule has 2 N–H and O–H groups in total. The monoisotopic (exact) mass is 413 g/mol. The molecule has 0 fully saturated rings. The molecule has 8 nitrogen and oxygen atoms in total. The molecule has 0 radical (unpaired) electrons. The van der Waals surface area contributed by atoms with E-state index in [4.69, 9.17) is 21.3 Å². The summed E-state index contributed by atoms with van der Waals surface area (Å²) in [6, 6.07) is 8.76. The number of benzene rings is 1. The van der Waals surface area contributed by atoms with E-state index in [1.165, 1.54) is 20.1 Å². The minimum Gasteiger partial charge on any atom is -0.445 e. The number of carbonyl (C=O) groups excluding carboxylic acids is 1. The maximum absolute atomic E-state index is 12.3. The summed E-state index contributed by atoms with van der Waals surface area (Å²) in [5.41, 5.74) is 0.755. The molecule has 0 aliphatic carbocycles. The summed E-state index contributed by atoms with van der Waals surface area (Å²) in [5, 5.41) is 26.5. The number of nitrogens with one attached hydrogen (secondary N) is 1. The lowest BCUT2D eigenvalue weighted by molar-refractivity contribution is 0.0483. The predicted octanol–water partition coefficient (Wildman–Crippen LogP) is 3.11. The normalized spacial score (nSPS) is 12.4. The molecule has 0 aliphatic heterocycles. The summed E-state index contributed by atoms with van der Waals surface area (Å²) in [6.07, 6.45) is 3.02. The van der Waals surface area contributed by atoms with E-state index < -0.39 is 11.5 Å². The standard InChI is InChI=1S/C20H20ClN5O3/c1-12(23-18(27)17-11-29-19(24-17)20(2,3)28)10-26-7-6-16(25-26)13-4-5-14(9-22)15(21)8-13/h4-8,11-12,28H,10H2,1-3H3,(H,23,27). The van der Waals surface area contributed by atoms with E-state index in [-0.39, 0.29) is 17.6 Å². The fraction of sp³-hybridized carbons (Fsp3) is 0.300. The Kier molecular flexibility index (Phi) is 5.73. The number of halogens is 1. The van der Waals surface area contributed by atoms with E-state index in [1.807, 2.05) is 19.1 Å². The van der Waals surface area contributed by atoms with Crippen LogP contribution in [0.25, 0.3) is 11.3 Å². The van der Waals surface area contributed by atoms with Gasteiger partial charge < -0.3 is 14.8 Å². The van der Waals surface area contributed by atoms with E-state index in [9.17, 15) is 9.90 Å². The summed E-state index contributed by atoms with van der Waals surface area (Å²) in [5.74, 6) is -0.323. The smallest absolute Gasteiger partial charge is 0.273 e. The van der Waals surface area contributed by atoms with Gasteiger partial charge in [-0.3, -0.25) is 9.48 Å². The molecule has 0 bridgehead atoms. The zero-order valence-electron chi connectivity index (χ0n) is 16.2. The Balaban J connectivity index is 1.64. The van der Waals surface area contributed by atoms with Crippen LogP contribution in [0.15, 0.2) is 41.1 Å². The van der Waals surface area contributed by atoms with Crippen molar-refractivity contribution in [2.45, 2.75) is 39.0 Å². The molecule has 150 valence electrons. The van der Waals surface area contributed by atoms with Gasteiger partial charge in [0.05, 0.1) is 22.8 Å². The molecule has 1 atom stereocenters. The lowest BCUT2D eigenvalue weighted by atomic mass is 10.1. The molecule has 0 saturated heterocycles. The topological polar surface area (TPSA) is 117 Å². The number of rotatable bonds is 6. The molecule has 0 saturated carbocycles. The maximum Gasteiger partial charge on any atom is 0.273 e. The summed E-state index contributed by atoms with van der Waals surface area (Å²) >= 11 is 6.08. The van der Waals surface area contributed by atoms with Gasteiger partial charge in [-0.05, 0) is 39.0 Å². The Labute approximate surface area is 172 Å². The number of nitriles is 1. The summed E-state index contributed by atoms with van der Waals surface area (Å²) in [6.45, 7) is 5.33. The van der Waals surface area contributed by atoms with Crippen molar-refractivity contribution in [2.24, 2.45) is 0 Å². The first-order valence-electron chi connectivity index (χ1n) is 8.90. The highest BCUT2D eigenvalue weighted by Gasteiger charge is 2.24. The van der Waals surface area contributed by atoms with E-state index in [2.05, 4.69) is 15.4 Å². The average molecular weight is 414 g/mol. The number of carbonyl (C=O) groups is 1. The van der Waals surface area contributed by atoms with Crippen molar-refractivity contribution in [3.05, 3.63) is 58.9 Å². The van der Waals surface area contributed by atoms with Gasteiger partial charge in [-0.1, -0.05) is 17.7 Å². The van der Waals surface area contributed by atoms with Gasteiger partial charge in [0.15, 0.2) is 5.69 Å². The second-order valence-corrected chi connectivity index (χ2v) is 7.61. The van der Waals surface area contributed by atoms with E-state index >= 15 is 0 Å². The molecular formula is C20H20ClN5O3. The minimum absolute atomic E-state index is 0.0769. The van der Waals surface area contributed by atoms with Crippen LogP contribution in [0, 0.1) is 11.3 Å². The van der Waals surface area contributed by atoms with Gasteiger partial charge in [-0.2, -0.15) is 10.4 Å². The highest BCUT2D eigenvalue weighted by molar-refractivity contribution is 6.32. The van der Waals surface area contributed by atoms with Crippen LogP contribution in [0.3, 0.4) is 0 Å². The van der Waals surface area contributed by atoms with Crippen molar-refractivity contribution in [1.82, 2.24) is 20.1 Å². The fourth-order valence-corrected chi connectivity index (χ4v) is 2.89.